The Hall–Kier alpha value is -2.51. The predicted octanol–water partition coefficient (Wildman–Crippen LogP) is 9.73. The molecule has 1 aliphatic rings. The summed E-state index contributed by atoms with van der Waals surface area (Å²) in [6.45, 7) is 31.6. The third-order valence-electron chi connectivity index (χ3n) is 11.1. The fraction of sp³-hybridized carbons (Fsp3) is 0.829. The van der Waals surface area contributed by atoms with Crippen molar-refractivity contribution in [3.63, 3.8) is 0 Å². The van der Waals surface area contributed by atoms with E-state index in [1.54, 1.807) is 17.2 Å². The number of thiazole rings is 1. The summed E-state index contributed by atoms with van der Waals surface area (Å²) in [6.07, 6.45) is 5.27. The Kier molecular flexibility index (Phi) is 17.7. The topological polar surface area (TPSA) is 127 Å². The molecule has 310 valence electrons. The number of hydrogen-bond acceptors (Lipinski definition) is 9. The minimum absolute atomic E-state index is 0.0192. The highest BCUT2D eigenvalue weighted by Crippen LogP contribution is 2.42. The van der Waals surface area contributed by atoms with E-state index in [2.05, 4.69) is 60.0 Å². The van der Waals surface area contributed by atoms with Gasteiger partial charge in [0, 0.05) is 24.5 Å². The molecule has 1 aromatic rings. The highest BCUT2D eigenvalue weighted by molar-refractivity contribution is 7.09. The van der Waals surface area contributed by atoms with E-state index in [4.69, 9.17) is 18.9 Å². The maximum Gasteiger partial charge on any atom is 0.412 e. The summed E-state index contributed by atoms with van der Waals surface area (Å²) in [5.74, 6) is -2.25. The molecule has 1 aromatic heterocycles. The summed E-state index contributed by atoms with van der Waals surface area (Å²) >= 11 is 1.38. The van der Waals surface area contributed by atoms with Crippen LogP contribution in [0.25, 0.3) is 0 Å². The van der Waals surface area contributed by atoms with Crippen LogP contribution in [0.3, 0.4) is 0 Å². The van der Waals surface area contributed by atoms with Crippen LogP contribution in [-0.4, -0.2) is 84.0 Å². The number of ether oxygens (including phenoxy) is 2. The number of aromatic nitrogens is 1. The van der Waals surface area contributed by atoms with E-state index in [1.807, 2.05) is 46.4 Å². The first-order valence-electron chi connectivity index (χ1n) is 20.4. The maximum absolute atomic E-state index is 15.2. The van der Waals surface area contributed by atoms with Gasteiger partial charge < -0.3 is 24.1 Å². The lowest BCUT2D eigenvalue weighted by atomic mass is 9.86. The van der Waals surface area contributed by atoms with Gasteiger partial charge >= 0.3 is 12.1 Å². The normalized spacial score (nSPS) is 18.9. The van der Waals surface area contributed by atoms with Gasteiger partial charge in [0.1, 0.15) is 22.2 Å². The summed E-state index contributed by atoms with van der Waals surface area (Å²) in [7, 11) is -2.37. The quantitative estimate of drug-likeness (QED) is 0.0635. The van der Waals surface area contributed by atoms with Crippen molar-refractivity contribution >= 4 is 43.5 Å². The molecular formula is C41H74N4O7SSi. The lowest BCUT2D eigenvalue weighted by Gasteiger charge is -2.43. The number of nitrogens with zero attached hydrogens (tertiary/aromatic N) is 3. The SMILES string of the molecule is CCCCCCN(C(=O)[C@H](C(=O)N[C@@]1(C)CCCN1C(=O)OC(C)(C)C)[C@@H](C)CC)[C@H](C[C@@H](O[Si](C)(C)C(C)(C)C)c1nc(C(=O)OCC)cs1)C(C)C. The number of rotatable bonds is 19. The van der Waals surface area contributed by atoms with Gasteiger partial charge in [-0.2, -0.15) is 0 Å². The van der Waals surface area contributed by atoms with E-state index in [9.17, 15) is 14.4 Å². The Bertz CT molecular complexity index is 1390. The van der Waals surface area contributed by atoms with Gasteiger partial charge in [0.25, 0.3) is 0 Å². The zero-order valence-electron chi connectivity index (χ0n) is 36.3. The summed E-state index contributed by atoms with van der Waals surface area (Å²) in [6, 6.07) is -0.288. The number of carbonyl (C=O) groups is 4. The van der Waals surface area contributed by atoms with E-state index < -0.39 is 43.7 Å². The fourth-order valence-electron chi connectivity index (χ4n) is 6.67. The number of likely N-dealkylation sites (tertiary alicyclic amines) is 1. The van der Waals surface area contributed by atoms with Crippen molar-refractivity contribution in [2.75, 3.05) is 19.7 Å². The minimum Gasteiger partial charge on any atom is -0.461 e. The number of carbonyl (C=O) groups excluding carboxylic acids is 4. The molecule has 2 rings (SSSR count). The van der Waals surface area contributed by atoms with Crippen LogP contribution in [0, 0.1) is 17.8 Å². The zero-order chi connectivity index (χ0) is 41.2. The third kappa shape index (κ3) is 13.0. The number of amides is 3. The van der Waals surface area contributed by atoms with Crippen molar-refractivity contribution in [3.8, 4) is 0 Å². The Morgan fingerprint density at radius 3 is 2.22 bits per heavy atom. The number of esters is 1. The number of unbranched alkanes of at least 4 members (excludes halogenated alkanes) is 3. The van der Waals surface area contributed by atoms with Crippen molar-refractivity contribution < 1.29 is 33.1 Å². The van der Waals surface area contributed by atoms with Crippen LogP contribution < -0.4 is 5.32 Å². The molecule has 1 aliphatic heterocycles. The molecule has 11 nitrogen and oxygen atoms in total. The molecule has 5 atom stereocenters. The highest BCUT2D eigenvalue weighted by atomic mass is 32.1. The van der Waals surface area contributed by atoms with E-state index in [-0.39, 0.29) is 47.0 Å². The van der Waals surface area contributed by atoms with Crippen LogP contribution in [-0.2, 0) is 23.5 Å². The second-order valence-corrected chi connectivity index (χ2v) is 23.8. The van der Waals surface area contributed by atoms with Crippen LogP contribution in [0.2, 0.25) is 18.1 Å². The molecule has 1 N–H and O–H groups in total. The first-order valence-corrected chi connectivity index (χ1v) is 24.1. The molecular weight excluding hydrogens is 721 g/mol. The van der Waals surface area contributed by atoms with Crippen molar-refractivity contribution in [2.45, 2.75) is 183 Å². The van der Waals surface area contributed by atoms with Crippen LogP contribution in [0.1, 0.15) is 163 Å². The van der Waals surface area contributed by atoms with E-state index in [1.165, 1.54) is 11.3 Å². The average molecular weight is 795 g/mol. The van der Waals surface area contributed by atoms with Crippen molar-refractivity contribution in [1.29, 1.82) is 0 Å². The molecule has 0 saturated carbocycles. The lowest BCUT2D eigenvalue weighted by molar-refractivity contribution is -0.148. The zero-order valence-corrected chi connectivity index (χ0v) is 38.2. The molecule has 0 spiro atoms. The molecule has 13 heteroatoms. The van der Waals surface area contributed by atoms with Gasteiger partial charge in [0.05, 0.1) is 12.7 Å². The summed E-state index contributed by atoms with van der Waals surface area (Å²) in [5, 5.41) is 5.48. The number of hydrogen-bond donors (Lipinski definition) is 1. The second kappa shape index (κ2) is 20.1. The Balaban J connectivity index is 2.62. The first kappa shape index (κ1) is 47.6. The van der Waals surface area contributed by atoms with Gasteiger partial charge in [-0.25, -0.2) is 14.6 Å². The molecule has 0 aliphatic carbocycles. The van der Waals surface area contributed by atoms with Crippen LogP contribution in [0.4, 0.5) is 4.79 Å². The molecule has 0 bridgehead atoms. The first-order chi connectivity index (χ1) is 24.9. The monoisotopic (exact) mass is 795 g/mol. The summed E-state index contributed by atoms with van der Waals surface area (Å²) in [5.41, 5.74) is -1.42. The van der Waals surface area contributed by atoms with Gasteiger partial charge in [-0.1, -0.05) is 81.1 Å². The molecule has 54 heavy (non-hydrogen) atoms. The maximum atomic E-state index is 15.2. The second-order valence-electron chi connectivity index (χ2n) is 18.2. The largest absolute Gasteiger partial charge is 0.461 e. The van der Waals surface area contributed by atoms with E-state index in [0.717, 1.165) is 25.7 Å². The molecule has 0 radical (unpaired) electrons. The van der Waals surface area contributed by atoms with Crippen LogP contribution >= 0.6 is 11.3 Å². The minimum atomic E-state index is -2.37. The van der Waals surface area contributed by atoms with Crippen molar-refractivity contribution in [2.24, 2.45) is 17.8 Å². The van der Waals surface area contributed by atoms with Gasteiger partial charge in [0.15, 0.2) is 14.0 Å². The third-order valence-corrected chi connectivity index (χ3v) is 16.5. The highest BCUT2D eigenvalue weighted by Gasteiger charge is 2.47. The van der Waals surface area contributed by atoms with Crippen molar-refractivity contribution in [3.05, 3.63) is 16.1 Å². The Morgan fingerprint density at radius 1 is 1.04 bits per heavy atom. The van der Waals surface area contributed by atoms with E-state index in [0.29, 0.717) is 43.8 Å². The molecule has 0 aromatic carbocycles. The van der Waals surface area contributed by atoms with Gasteiger partial charge in [-0.05, 0) is 90.3 Å². The molecule has 1 saturated heterocycles. The van der Waals surface area contributed by atoms with Crippen LogP contribution in [0.15, 0.2) is 5.38 Å². The molecule has 3 amide bonds. The lowest BCUT2D eigenvalue weighted by Crippen LogP contribution is -2.61. The fourth-order valence-corrected chi connectivity index (χ4v) is 8.85. The summed E-state index contributed by atoms with van der Waals surface area (Å²) in [4.78, 5) is 63.9. The predicted molar refractivity (Wildman–Crippen MR) is 220 cm³/mol. The van der Waals surface area contributed by atoms with Gasteiger partial charge in [-0.15, -0.1) is 11.3 Å². The molecule has 2 heterocycles. The Morgan fingerprint density at radius 2 is 1.69 bits per heavy atom. The standard InChI is InChI=1S/C41H74N4O7SSi/c1-16-19-20-21-24-44(36(47)33(29(6)17-2)34(46)43-41(13)23-22-25-45(41)38(49)51-39(7,8)9)31(28(4)5)26-32(52-54(14,15)40(10,11)12)35-42-30(27-53-35)37(48)50-18-3/h27-29,31-33H,16-26H2,1-15H3,(H,43,46)/t29-,31+,32+,33-,41+/m0/s1. The summed E-state index contributed by atoms with van der Waals surface area (Å²) < 4.78 is 18.1. The molecule has 0 unspecified atom stereocenters. The average Bonchev–Trinajstić information content (AvgIpc) is 3.69. The Labute approximate surface area is 332 Å². The van der Waals surface area contributed by atoms with Crippen LogP contribution in [0.5, 0.6) is 0 Å². The molecule has 1 fully saturated rings. The van der Waals surface area contributed by atoms with E-state index >= 15 is 4.79 Å². The van der Waals surface area contributed by atoms with Gasteiger partial charge in [-0.3, -0.25) is 14.5 Å². The smallest absolute Gasteiger partial charge is 0.412 e. The van der Waals surface area contributed by atoms with Crippen molar-refractivity contribution in [1.82, 2.24) is 20.1 Å². The van der Waals surface area contributed by atoms with Gasteiger partial charge in [0.2, 0.25) is 11.8 Å². The number of nitrogens with one attached hydrogen (secondary N) is 1.